The topological polar surface area (TPSA) is 32.7 Å². The minimum absolute atomic E-state index is 0.384. The van der Waals surface area contributed by atoms with Crippen LogP contribution in [0.2, 0.25) is 5.02 Å². The van der Waals surface area contributed by atoms with Gasteiger partial charge in [0.2, 0.25) is 0 Å². The predicted molar refractivity (Wildman–Crippen MR) is 79.0 cm³/mol. The third kappa shape index (κ3) is 2.83. The number of rotatable bonds is 3. The predicted octanol–water partition coefficient (Wildman–Crippen LogP) is 3.29. The molecule has 0 N–H and O–H groups in total. The highest BCUT2D eigenvalue weighted by atomic mass is 35.5. The number of halogens is 1. The lowest BCUT2D eigenvalue weighted by molar-refractivity contribution is -0.102. The first-order valence-electron chi connectivity index (χ1n) is 5.73. The SMILES string of the molecule is C=C/C(=C1/N=C(C=O)C=CN1C)c1cccc(Cl)c1. The number of hydrogen-bond donors (Lipinski definition) is 0. The van der Waals surface area contributed by atoms with Crippen molar-refractivity contribution in [2.45, 2.75) is 0 Å². The normalized spacial score (nSPS) is 16.9. The van der Waals surface area contributed by atoms with Crippen LogP contribution in [0.3, 0.4) is 0 Å². The Morgan fingerprint density at radius 2 is 2.26 bits per heavy atom. The molecule has 0 fully saturated rings. The molecule has 0 bridgehead atoms. The van der Waals surface area contributed by atoms with Crippen molar-refractivity contribution in [3.8, 4) is 0 Å². The standard InChI is InChI=1S/C15H13ClN2O/c1-3-14(11-5-4-6-12(16)9-11)15-17-13(10-19)7-8-18(15)2/h3-10H,1H2,2H3/b15-14+. The Balaban J connectivity index is 2.59. The average molecular weight is 273 g/mol. The molecular weight excluding hydrogens is 260 g/mol. The van der Waals surface area contributed by atoms with Crippen LogP contribution in [0.25, 0.3) is 5.57 Å². The van der Waals surface area contributed by atoms with Crippen LogP contribution < -0.4 is 0 Å². The minimum Gasteiger partial charge on any atom is -0.335 e. The maximum absolute atomic E-state index is 10.8. The molecule has 0 spiro atoms. The van der Waals surface area contributed by atoms with E-state index in [4.69, 9.17) is 11.6 Å². The van der Waals surface area contributed by atoms with E-state index in [0.29, 0.717) is 16.6 Å². The number of aldehydes is 1. The lowest BCUT2D eigenvalue weighted by atomic mass is 10.1. The van der Waals surface area contributed by atoms with Crippen molar-refractivity contribution in [3.63, 3.8) is 0 Å². The van der Waals surface area contributed by atoms with E-state index in [0.717, 1.165) is 17.4 Å². The molecule has 0 atom stereocenters. The van der Waals surface area contributed by atoms with Gasteiger partial charge < -0.3 is 4.90 Å². The Labute approximate surface area is 117 Å². The van der Waals surface area contributed by atoms with Gasteiger partial charge >= 0.3 is 0 Å². The lowest BCUT2D eigenvalue weighted by Crippen LogP contribution is -2.17. The molecule has 1 aromatic carbocycles. The molecular formula is C15H13ClN2O. The second-order valence-electron chi connectivity index (χ2n) is 4.03. The van der Waals surface area contributed by atoms with Gasteiger partial charge in [-0.1, -0.05) is 36.4 Å². The van der Waals surface area contributed by atoms with E-state index in [1.165, 1.54) is 0 Å². The van der Waals surface area contributed by atoms with Crippen molar-refractivity contribution in [1.29, 1.82) is 0 Å². The van der Waals surface area contributed by atoms with Gasteiger partial charge in [-0.3, -0.25) is 4.79 Å². The zero-order valence-corrected chi connectivity index (χ0v) is 11.3. The number of allylic oxidation sites excluding steroid dienone is 3. The fraction of sp³-hybridized carbons (Fsp3) is 0.0667. The molecule has 4 heteroatoms. The summed E-state index contributed by atoms with van der Waals surface area (Å²) in [5.41, 5.74) is 2.12. The van der Waals surface area contributed by atoms with Crippen LogP contribution in [0.4, 0.5) is 0 Å². The van der Waals surface area contributed by atoms with Crippen molar-refractivity contribution < 1.29 is 4.79 Å². The molecule has 3 nitrogen and oxygen atoms in total. The lowest BCUT2D eigenvalue weighted by Gasteiger charge is -2.21. The Morgan fingerprint density at radius 1 is 1.47 bits per heavy atom. The van der Waals surface area contributed by atoms with Crippen molar-refractivity contribution >= 4 is 29.2 Å². The smallest absolute Gasteiger partial charge is 0.168 e. The molecule has 0 saturated heterocycles. The number of nitrogens with zero attached hydrogens (tertiary/aromatic N) is 2. The molecule has 1 aliphatic rings. The first kappa shape index (κ1) is 13.3. The monoisotopic (exact) mass is 272 g/mol. The van der Waals surface area contributed by atoms with Gasteiger partial charge in [0.05, 0.1) is 0 Å². The summed E-state index contributed by atoms with van der Waals surface area (Å²) in [5.74, 6) is 0.668. The fourth-order valence-corrected chi connectivity index (χ4v) is 2.00. The maximum atomic E-state index is 10.8. The van der Waals surface area contributed by atoms with Gasteiger partial charge in [-0.2, -0.15) is 0 Å². The Kier molecular flexibility index (Phi) is 3.97. The molecule has 0 aliphatic carbocycles. The number of hydrogen-bond acceptors (Lipinski definition) is 3. The van der Waals surface area contributed by atoms with E-state index in [1.54, 1.807) is 24.4 Å². The highest BCUT2D eigenvalue weighted by Gasteiger charge is 2.13. The van der Waals surface area contributed by atoms with E-state index in [-0.39, 0.29) is 0 Å². The van der Waals surface area contributed by atoms with E-state index in [1.807, 2.05) is 30.1 Å². The third-order valence-electron chi connectivity index (χ3n) is 2.74. The molecule has 96 valence electrons. The molecule has 1 aromatic rings. The van der Waals surface area contributed by atoms with E-state index < -0.39 is 0 Å². The average Bonchev–Trinajstić information content (AvgIpc) is 2.42. The summed E-state index contributed by atoms with van der Waals surface area (Å²) in [6.07, 6.45) is 5.89. The number of aliphatic imine (C=N–C) groups is 1. The first-order chi connectivity index (χ1) is 9.15. The highest BCUT2D eigenvalue weighted by molar-refractivity contribution is 6.34. The molecule has 0 unspecified atom stereocenters. The van der Waals surface area contributed by atoms with Gasteiger partial charge in [0.1, 0.15) is 11.5 Å². The van der Waals surface area contributed by atoms with Crippen LogP contribution in [0.1, 0.15) is 5.56 Å². The molecule has 0 radical (unpaired) electrons. The second-order valence-corrected chi connectivity index (χ2v) is 4.47. The Hall–Kier alpha value is -2.13. The molecule has 0 amide bonds. The Morgan fingerprint density at radius 3 is 2.89 bits per heavy atom. The highest BCUT2D eigenvalue weighted by Crippen LogP contribution is 2.26. The summed E-state index contributed by atoms with van der Waals surface area (Å²) >= 11 is 6.00. The van der Waals surface area contributed by atoms with Gasteiger partial charge in [-0.25, -0.2) is 4.99 Å². The van der Waals surface area contributed by atoms with Crippen LogP contribution in [0.15, 0.2) is 60.0 Å². The van der Waals surface area contributed by atoms with E-state index in [2.05, 4.69) is 11.6 Å². The first-order valence-corrected chi connectivity index (χ1v) is 6.11. The van der Waals surface area contributed by atoms with Crippen molar-refractivity contribution in [1.82, 2.24) is 4.90 Å². The van der Waals surface area contributed by atoms with E-state index in [9.17, 15) is 4.79 Å². The third-order valence-corrected chi connectivity index (χ3v) is 2.97. The van der Waals surface area contributed by atoms with Gasteiger partial charge in [-0.05, 0) is 23.8 Å². The van der Waals surface area contributed by atoms with Gasteiger partial charge in [-0.15, -0.1) is 0 Å². The fourth-order valence-electron chi connectivity index (χ4n) is 1.81. The molecule has 0 aromatic heterocycles. The zero-order valence-electron chi connectivity index (χ0n) is 10.5. The number of carbonyl (C=O) groups is 1. The van der Waals surface area contributed by atoms with Crippen LogP contribution >= 0.6 is 11.6 Å². The minimum atomic E-state index is 0.384. The molecule has 0 saturated carbocycles. The van der Waals surface area contributed by atoms with Crippen molar-refractivity contribution in [2.24, 2.45) is 4.99 Å². The van der Waals surface area contributed by atoms with Crippen LogP contribution in [-0.4, -0.2) is 23.9 Å². The summed E-state index contributed by atoms with van der Waals surface area (Å²) in [4.78, 5) is 17.0. The second kappa shape index (κ2) is 5.67. The molecule has 19 heavy (non-hydrogen) atoms. The van der Waals surface area contributed by atoms with E-state index >= 15 is 0 Å². The van der Waals surface area contributed by atoms with Crippen molar-refractivity contribution in [2.75, 3.05) is 7.05 Å². The van der Waals surface area contributed by atoms with Crippen LogP contribution in [0, 0.1) is 0 Å². The Bertz CT molecular complexity index is 614. The van der Waals surface area contributed by atoms with Crippen molar-refractivity contribution in [3.05, 3.63) is 65.6 Å². The largest absolute Gasteiger partial charge is 0.335 e. The zero-order chi connectivity index (χ0) is 13.8. The summed E-state index contributed by atoms with van der Waals surface area (Å²) in [6.45, 7) is 3.82. The summed E-state index contributed by atoms with van der Waals surface area (Å²) in [7, 11) is 1.87. The van der Waals surface area contributed by atoms with Gasteiger partial charge in [0, 0.05) is 23.8 Å². The number of carbonyl (C=O) groups excluding carboxylic acids is 1. The quantitative estimate of drug-likeness (QED) is 0.791. The van der Waals surface area contributed by atoms with Crippen LogP contribution in [0.5, 0.6) is 0 Å². The van der Waals surface area contributed by atoms with Crippen LogP contribution in [-0.2, 0) is 4.79 Å². The molecule has 1 aliphatic heterocycles. The summed E-state index contributed by atoms with van der Waals surface area (Å²) in [5, 5.41) is 0.644. The number of benzene rings is 1. The van der Waals surface area contributed by atoms with Gasteiger partial charge in [0.15, 0.2) is 6.29 Å². The maximum Gasteiger partial charge on any atom is 0.168 e. The molecule has 2 rings (SSSR count). The summed E-state index contributed by atoms with van der Waals surface area (Å²) in [6, 6.07) is 7.44. The molecule has 1 heterocycles. The summed E-state index contributed by atoms with van der Waals surface area (Å²) < 4.78 is 0. The van der Waals surface area contributed by atoms with Gasteiger partial charge in [0.25, 0.3) is 0 Å².